The van der Waals surface area contributed by atoms with E-state index >= 15 is 0 Å². The molecule has 3 aromatic rings. The summed E-state index contributed by atoms with van der Waals surface area (Å²) in [6.45, 7) is 5.61. The summed E-state index contributed by atoms with van der Waals surface area (Å²) in [7, 11) is 0. The molecule has 2 aromatic carbocycles. The van der Waals surface area contributed by atoms with Gasteiger partial charge in [-0.25, -0.2) is 0 Å². The summed E-state index contributed by atoms with van der Waals surface area (Å²) >= 11 is -1.35. The molecule has 1 heterocycles. The highest BCUT2D eigenvalue weighted by molar-refractivity contribution is 7.91. The van der Waals surface area contributed by atoms with E-state index in [2.05, 4.69) is 9.55 Å². The maximum absolute atomic E-state index is 12.2. The quantitative estimate of drug-likeness (QED) is 0.561. The van der Waals surface area contributed by atoms with Crippen LogP contribution in [-0.2, 0) is 11.4 Å². The summed E-state index contributed by atoms with van der Waals surface area (Å²) in [6.07, 6.45) is 1.59. The molecule has 1 atom stereocenters. The lowest BCUT2D eigenvalue weighted by Crippen LogP contribution is -2.25. The van der Waals surface area contributed by atoms with Gasteiger partial charge in [0.15, 0.2) is 5.58 Å². The van der Waals surface area contributed by atoms with E-state index in [0.717, 1.165) is 16.5 Å². The van der Waals surface area contributed by atoms with E-state index in [4.69, 9.17) is 10.3 Å². The molecule has 1 amide bonds. The second kappa shape index (κ2) is 6.93. The smallest absolute Gasteiger partial charge is 0.248 e. The van der Waals surface area contributed by atoms with E-state index in [-0.39, 0.29) is 0 Å². The van der Waals surface area contributed by atoms with Crippen molar-refractivity contribution in [3.63, 3.8) is 0 Å². The molecule has 0 spiro atoms. The second-order valence-electron chi connectivity index (χ2n) is 6.79. The lowest BCUT2D eigenvalue weighted by Gasteiger charge is -2.17. The largest absolute Gasteiger partial charge is 0.591 e. The zero-order valence-corrected chi connectivity index (χ0v) is 15.5. The Morgan fingerprint density at radius 1 is 1.27 bits per heavy atom. The van der Waals surface area contributed by atoms with Gasteiger partial charge in [-0.3, -0.25) is 4.79 Å². The standard InChI is InChI=1S/C19H19N3O3S/c1-19(2,3)26(24)21-11-13-6-4-5-7-14(13)17-15-9-8-12(18(20)23)10-16(15)25-22-17/h4-11H,1-3H3,(H2,20,23)/b21-11+/t26-/m0/s1. The highest BCUT2D eigenvalue weighted by Crippen LogP contribution is 2.30. The molecule has 0 saturated heterocycles. The first kappa shape index (κ1) is 18.2. The Labute approximate surface area is 154 Å². The molecule has 2 N–H and O–H groups in total. The average molecular weight is 369 g/mol. The number of fused-ring (bicyclic) bond motifs is 1. The molecule has 0 aliphatic heterocycles. The molecule has 134 valence electrons. The van der Waals surface area contributed by atoms with Gasteiger partial charge in [0.2, 0.25) is 5.91 Å². The summed E-state index contributed by atoms with van der Waals surface area (Å²) in [6, 6.07) is 12.5. The van der Waals surface area contributed by atoms with Crippen LogP contribution < -0.4 is 5.73 Å². The fourth-order valence-electron chi connectivity index (χ4n) is 2.37. The van der Waals surface area contributed by atoms with Crippen molar-refractivity contribution in [3.05, 3.63) is 53.6 Å². The molecule has 3 rings (SSSR count). The van der Waals surface area contributed by atoms with Gasteiger partial charge in [-0.15, -0.1) is 0 Å². The molecule has 1 aromatic heterocycles. The zero-order valence-electron chi connectivity index (χ0n) is 14.7. The van der Waals surface area contributed by atoms with Crippen LogP contribution in [0.1, 0.15) is 36.7 Å². The molecule has 0 fully saturated rings. The fourth-order valence-corrected chi connectivity index (χ4v) is 2.90. The van der Waals surface area contributed by atoms with E-state index < -0.39 is 22.0 Å². The van der Waals surface area contributed by atoms with Crippen LogP contribution in [0, 0.1) is 0 Å². The molecule has 0 radical (unpaired) electrons. The van der Waals surface area contributed by atoms with E-state index in [1.54, 1.807) is 24.4 Å². The highest BCUT2D eigenvalue weighted by Gasteiger charge is 2.26. The predicted octanol–water partition coefficient (Wildman–Crippen LogP) is 3.47. The summed E-state index contributed by atoms with van der Waals surface area (Å²) in [5.74, 6) is -0.526. The number of nitrogens with zero attached hydrogens (tertiary/aromatic N) is 2. The van der Waals surface area contributed by atoms with Gasteiger partial charge in [0.25, 0.3) is 0 Å². The third-order valence-electron chi connectivity index (χ3n) is 3.78. The molecule has 0 bridgehead atoms. The lowest BCUT2D eigenvalue weighted by molar-refractivity contribution is 0.100. The van der Waals surface area contributed by atoms with Gasteiger partial charge in [0.05, 0.1) is 6.21 Å². The topological polar surface area (TPSA) is 105 Å². The Kier molecular flexibility index (Phi) is 4.84. The maximum Gasteiger partial charge on any atom is 0.248 e. The van der Waals surface area contributed by atoms with Crippen LogP contribution in [0.25, 0.3) is 22.2 Å². The van der Waals surface area contributed by atoms with Gasteiger partial charge in [0, 0.05) is 22.1 Å². The molecule has 7 heteroatoms. The number of hydrogen-bond donors (Lipinski definition) is 1. The first-order chi connectivity index (χ1) is 12.3. The molecule has 26 heavy (non-hydrogen) atoms. The first-order valence-electron chi connectivity index (χ1n) is 8.02. The zero-order chi connectivity index (χ0) is 18.9. The number of hydrogen-bond acceptors (Lipinski definition) is 5. The number of aromatic nitrogens is 1. The van der Waals surface area contributed by atoms with E-state index in [9.17, 15) is 9.35 Å². The molecule has 0 saturated carbocycles. The van der Waals surface area contributed by atoms with E-state index in [0.29, 0.717) is 16.8 Å². The molecule has 0 aliphatic carbocycles. The molecular weight excluding hydrogens is 350 g/mol. The minimum atomic E-state index is -1.35. The number of carbonyl (C=O) groups excluding carboxylic acids is 1. The van der Waals surface area contributed by atoms with Crippen molar-refractivity contribution in [2.45, 2.75) is 25.5 Å². The Morgan fingerprint density at radius 2 is 2.00 bits per heavy atom. The Balaban J connectivity index is 2.04. The van der Waals surface area contributed by atoms with Crippen LogP contribution in [0.15, 0.2) is 51.4 Å². The highest BCUT2D eigenvalue weighted by atomic mass is 32.2. The lowest BCUT2D eigenvalue weighted by atomic mass is 10.0. The van der Waals surface area contributed by atoms with Crippen molar-refractivity contribution < 1.29 is 13.9 Å². The molecular formula is C19H19N3O3S. The molecule has 0 aliphatic rings. The van der Waals surface area contributed by atoms with Gasteiger partial charge in [-0.05, 0) is 39.0 Å². The van der Waals surface area contributed by atoms with Crippen LogP contribution in [0.4, 0.5) is 0 Å². The summed E-state index contributed by atoms with van der Waals surface area (Å²) < 4.78 is 21.3. The van der Waals surface area contributed by atoms with Crippen molar-refractivity contribution >= 4 is 34.5 Å². The van der Waals surface area contributed by atoms with Gasteiger partial charge in [0.1, 0.15) is 21.8 Å². The van der Waals surface area contributed by atoms with Gasteiger partial charge >= 0.3 is 0 Å². The van der Waals surface area contributed by atoms with Crippen molar-refractivity contribution in [2.24, 2.45) is 10.1 Å². The van der Waals surface area contributed by atoms with Crippen LogP contribution >= 0.6 is 0 Å². The SMILES string of the molecule is CC(C)(C)[S@+]([O-])/N=C/c1ccccc1-c1noc2cc(C(N)=O)ccc12. The Hall–Kier alpha value is -2.64. The van der Waals surface area contributed by atoms with Crippen molar-refractivity contribution in [3.8, 4) is 11.3 Å². The predicted molar refractivity (Wildman–Crippen MR) is 103 cm³/mol. The maximum atomic E-state index is 12.2. The second-order valence-corrected chi connectivity index (χ2v) is 8.72. The number of primary amides is 1. The summed E-state index contributed by atoms with van der Waals surface area (Å²) in [5, 5.41) is 4.90. The number of amides is 1. The van der Waals surface area contributed by atoms with Gasteiger partial charge in [-0.1, -0.05) is 33.8 Å². The summed E-state index contributed by atoms with van der Waals surface area (Å²) in [5.41, 5.74) is 8.33. The average Bonchev–Trinajstić information content (AvgIpc) is 3.02. The van der Waals surface area contributed by atoms with Crippen LogP contribution in [0.2, 0.25) is 0 Å². The van der Waals surface area contributed by atoms with Crippen LogP contribution in [0.5, 0.6) is 0 Å². The third kappa shape index (κ3) is 3.63. The van der Waals surface area contributed by atoms with Gasteiger partial charge < -0.3 is 14.8 Å². The Bertz CT molecular complexity index is 989. The monoisotopic (exact) mass is 369 g/mol. The van der Waals surface area contributed by atoms with E-state index in [1.165, 1.54) is 0 Å². The third-order valence-corrected chi connectivity index (χ3v) is 5.13. The first-order valence-corrected chi connectivity index (χ1v) is 9.13. The van der Waals surface area contributed by atoms with Crippen molar-refractivity contribution in [1.29, 1.82) is 0 Å². The van der Waals surface area contributed by atoms with Crippen molar-refractivity contribution in [1.82, 2.24) is 5.16 Å². The molecule has 6 nitrogen and oxygen atoms in total. The van der Waals surface area contributed by atoms with Crippen LogP contribution in [0.3, 0.4) is 0 Å². The number of rotatable bonds is 4. The fraction of sp³-hybridized carbons (Fsp3) is 0.211. The number of carbonyl (C=O) groups is 1. The van der Waals surface area contributed by atoms with Crippen LogP contribution in [-0.4, -0.2) is 26.6 Å². The minimum absolute atomic E-state index is 0.357. The number of benzene rings is 2. The normalized spacial score (nSPS) is 13.4. The van der Waals surface area contributed by atoms with E-state index in [1.807, 2.05) is 45.0 Å². The number of nitrogens with two attached hydrogens (primary N) is 1. The Morgan fingerprint density at radius 3 is 2.69 bits per heavy atom. The minimum Gasteiger partial charge on any atom is -0.591 e. The van der Waals surface area contributed by atoms with Crippen molar-refractivity contribution in [2.75, 3.05) is 0 Å². The molecule has 0 unspecified atom stereocenters. The summed E-state index contributed by atoms with van der Waals surface area (Å²) in [4.78, 5) is 11.3. The van der Waals surface area contributed by atoms with Gasteiger partial charge in [-0.2, -0.15) is 0 Å².